The Morgan fingerprint density at radius 2 is 2.48 bits per heavy atom. The quantitative estimate of drug-likeness (QED) is 0.552. The highest BCUT2D eigenvalue weighted by Crippen LogP contribution is 2.21. The first-order chi connectivity index (χ1) is 10.2. The number of aromatic amines is 1. The SMILES string of the molecule is Cc1nnc(SCCNC(=O)[C@H]2NCCc3[nH]cnc32)s1. The molecule has 1 amide bonds. The zero-order valence-electron chi connectivity index (χ0n) is 11.5. The third kappa shape index (κ3) is 3.42. The Labute approximate surface area is 130 Å². The molecular formula is C12H16N6OS2. The lowest BCUT2D eigenvalue weighted by Gasteiger charge is -2.22. The van der Waals surface area contributed by atoms with Gasteiger partial charge in [0.2, 0.25) is 5.91 Å². The average molecular weight is 324 g/mol. The smallest absolute Gasteiger partial charge is 0.243 e. The lowest BCUT2D eigenvalue weighted by atomic mass is 10.1. The topological polar surface area (TPSA) is 95.6 Å². The Hall–Kier alpha value is -1.45. The van der Waals surface area contributed by atoms with Crippen LogP contribution in [0.15, 0.2) is 10.7 Å². The first-order valence-electron chi connectivity index (χ1n) is 6.70. The lowest BCUT2D eigenvalue weighted by Crippen LogP contribution is -2.42. The van der Waals surface area contributed by atoms with E-state index < -0.39 is 0 Å². The molecule has 9 heteroatoms. The van der Waals surface area contributed by atoms with Crippen molar-refractivity contribution in [2.24, 2.45) is 0 Å². The molecule has 0 aliphatic carbocycles. The first kappa shape index (κ1) is 14.5. The van der Waals surface area contributed by atoms with Gasteiger partial charge in [0, 0.05) is 31.0 Å². The predicted octanol–water partition coefficient (Wildman–Crippen LogP) is 0.665. The molecule has 3 rings (SSSR count). The summed E-state index contributed by atoms with van der Waals surface area (Å²) in [6, 6.07) is -0.353. The lowest BCUT2D eigenvalue weighted by molar-refractivity contribution is -0.123. The maximum absolute atomic E-state index is 12.2. The summed E-state index contributed by atoms with van der Waals surface area (Å²) in [4.78, 5) is 19.5. The average Bonchev–Trinajstić information content (AvgIpc) is 3.11. The third-order valence-corrected chi connectivity index (χ3v) is 5.12. The fourth-order valence-corrected chi connectivity index (χ4v) is 3.93. The van der Waals surface area contributed by atoms with E-state index >= 15 is 0 Å². The fourth-order valence-electron chi connectivity index (χ4n) is 2.19. The molecule has 0 bridgehead atoms. The Bertz CT molecular complexity index is 625. The van der Waals surface area contributed by atoms with E-state index in [0.29, 0.717) is 6.54 Å². The second-order valence-corrected chi connectivity index (χ2v) is 7.15. The van der Waals surface area contributed by atoms with Crippen LogP contribution < -0.4 is 10.6 Å². The molecule has 0 aromatic carbocycles. The van der Waals surface area contributed by atoms with Crippen LogP contribution in [0.4, 0.5) is 0 Å². The number of hydrogen-bond acceptors (Lipinski definition) is 7. The van der Waals surface area contributed by atoms with Gasteiger partial charge < -0.3 is 15.6 Å². The van der Waals surface area contributed by atoms with E-state index in [0.717, 1.165) is 39.5 Å². The van der Waals surface area contributed by atoms with Gasteiger partial charge in [-0.05, 0) is 6.92 Å². The van der Waals surface area contributed by atoms with Gasteiger partial charge in [0.15, 0.2) is 4.34 Å². The maximum Gasteiger partial charge on any atom is 0.243 e. The molecule has 3 N–H and O–H groups in total. The summed E-state index contributed by atoms with van der Waals surface area (Å²) >= 11 is 3.17. The molecule has 0 saturated heterocycles. The van der Waals surface area contributed by atoms with E-state index in [-0.39, 0.29) is 11.9 Å². The number of nitrogens with one attached hydrogen (secondary N) is 3. The largest absolute Gasteiger partial charge is 0.354 e. The molecule has 0 radical (unpaired) electrons. The molecule has 2 aromatic heterocycles. The van der Waals surface area contributed by atoms with Crippen LogP contribution in [0.2, 0.25) is 0 Å². The van der Waals surface area contributed by atoms with Crippen LogP contribution in [0, 0.1) is 6.92 Å². The third-order valence-electron chi connectivity index (χ3n) is 3.15. The van der Waals surface area contributed by atoms with Crippen LogP contribution >= 0.6 is 23.1 Å². The summed E-state index contributed by atoms with van der Waals surface area (Å²) in [7, 11) is 0. The molecule has 112 valence electrons. The molecule has 1 atom stereocenters. The minimum Gasteiger partial charge on any atom is -0.354 e. The van der Waals surface area contributed by atoms with Crippen molar-refractivity contribution in [3.05, 3.63) is 22.7 Å². The summed E-state index contributed by atoms with van der Waals surface area (Å²) in [6.45, 7) is 3.31. The van der Waals surface area contributed by atoms with Gasteiger partial charge in [0.25, 0.3) is 0 Å². The van der Waals surface area contributed by atoms with Crippen molar-refractivity contribution in [3.8, 4) is 0 Å². The van der Waals surface area contributed by atoms with E-state index in [9.17, 15) is 4.79 Å². The molecule has 2 aromatic rings. The zero-order valence-corrected chi connectivity index (χ0v) is 13.2. The summed E-state index contributed by atoms with van der Waals surface area (Å²) in [5.74, 6) is 0.748. The maximum atomic E-state index is 12.2. The van der Waals surface area contributed by atoms with Crippen LogP contribution in [-0.4, -0.2) is 44.9 Å². The van der Waals surface area contributed by atoms with E-state index in [2.05, 4.69) is 30.8 Å². The molecule has 1 aliphatic rings. The summed E-state index contributed by atoms with van der Waals surface area (Å²) in [6.07, 6.45) is 2.52. The molecule has 1 aliphatic heterocycles. The molecule has 0 unspecified atom stereocenters. The van der Waals surface area contributed by atoms with Gasteiger partial charge in [-0.15, -0.1) is 10.2 Å². The van der Waals surface area contributed by atoms with Crippen LogP contribution in [0.5, 0.6) is 0 Å². The van der Waals surface area contributed by atoms with Crippen molar-refractivity contribution in [1.82, 2.24) is 30.8 Å². The second kappa shape index (κ2) is 6.54. The molecule has 21 heavy (non-hydrogen) atoms. The van der Waals surface area contributed by atoms with Crippen LogP contribution in [-0.2, 0) is 11.2 Å². The summed E-state index contributed by atoms with van der Waals surface area (Å²) in [5.41, 5.74) is 1.86. The van der Waals surface area contributed by atoms with Gasteiger partial charge >= 0.3 is 0 Å². The van der Waals surface area contributed by atoms with Gasteiger partial charge in [0.05, 0.1) is 12.0 Å². The monoisotopic (exact) mass is 324 g/mol. The van der Waals surface area contributed by atoms with Gasteiger partial charge in [0.1, 0.15) is 11.0 Å². The second-order valence-electron chi connectivity index (χ2n) is 4.63. The molecular weight excluding hydrogens is 308 g/mol. The number of nitrogens with zero attached hydrogens (tertiary/aromatic N) is 3. The molecule has 0 fully saturated rings. The van der Waals surface area contributed by atoms with E-state index in [1.807, 2.05) is 6.92 Å². The highest BCUT2D eigenvalue weighted by molar-refractivity contribution is 8.01. The minimum absolute atomic E-state index is 0.0305. The number of amides is 1. The molecule has 0 spiro atoms. The van der Waals surface area contributed by atoms with Gasteiger partial charge in [-0.25, -0.2) is 4.98 Å². The van der Waals surface area contributed by atoms with Crippen molar-refractivity contribution >= 4 is 29.0 Å². The van der Waals surface area contributed by atoms with Crippen LogP contribution in [0.1, 0.15) is 22.4 Å². The molecule has 7 nitrogen and oxygen atoms in total. The summed E-state index contributed by atoms with van der Waals surface area (Å²) in [5, 5.41) is 15.1. The molecule has 0 saturated carbocycles. The number of H-pyrrole nitrogens is 1. The Morgan fingerprint density at radius 3 is 3.29 bits per heavy atom. The number of fused-ring (bicyclic) bond motifs is 1. The predicted molar refractivity (Wildman–Crippen MR) is 81.4 cm³/mol. The first-order valence-corrected chi connectivity index (χ1v) is 8.50. The number of hydrogen-bond donors (Lipinski definition) is 3. The zero-order chi connectivity index (χ0) is 14.7. The standard InChI is InChI=1S/C12H16N6OS2/c1-7-17-18-12(21-7)20-5-4-14-11(19)10-9-8(2-3-13-10)15-6-16-9/h6,10,13H,2-5H2,1H3,(H,14,19)(H,15,16)/t10-/m0/s1. The van der Waals surface area contributed by atoms with Crippen molar-refractivity contribution < 1.29 is 4.79 Å². The van der Waals surface area contributed by atoms with Crippen molar-refractivity contribution in [2.45, 2.75) is 23.7 Å². The van der Waals surface area contributed by atoms with Gasteiger partial charge in [-0.3, -0.25) is 4.79 Å². The van der Waals surface area contributed by atoms with Crippen molar-refractivity contribution in [1.29, 1.82) is 0 Å². The number of imidazole rings is 1. The van der Waals surface area contributed by atoms with Crippen molar-refractivity contribution in [2.75, 3.05) is 18.8 Å². The Morgan fingerprint density at radius 1 is 1.57 bits per heavy atom. The highest BCUT2D eigenvalue weighted by atomic mass is 32.2. The molecule has 3 heterocycles. The number of thioether (sulfide) groups is 1. The van der Waals surface area contributed by atoms with E-state index in [4.69, 9.17) is 0 Å². The number of carbonyl (C=O) groups is 1. The Balaban J connectivity index is 1.47. The number of aryl methyl sites for hydroxylation is 1. The van der Waals surface area contributed by atoms with E-state index in [1.54, 1.807) is 29.4 Å². The highest BCUT2D eigenvalue weighted by Gasteiger charge is 2.27. The Kier molecular flexibility index (Phi) is 4.51. The number of aromatic nitrogens is 4. The van der Waals surface area contributed by atoms with Gasteiger partial charge in [-0.1, -0.05) is 23.1 Å². The van der Waals surface area contributed by atoms with Crippen LogP contribution in [0.3, 0.4) is 0 Å². The number of carbonyl (C=O) groups excluding carboxylic acids is 1. The summed E-state index contributed by atoms with van der Waals surface area (Å²) < 4.78 is 0.937. The fraction of sp³-hybridized carbons (Fsp3) is 0.500. The van der Waals surface area contributed by atoms with E-state index in [1.165, 1.54) is 0 Å². The van der Waals surface area contributed by atoms with Crippen LogP contribution in [0.25, 0.3) is 0 Å². The van der Waals surface area contributed by atoms with Crippen molar-refractivity contribution in [3.63, 3.8) is 0 Å². The number of rotatable bonds is 5. The normalized spacial score (nSPS) is 17.5. The van der Waals surface area contributed by atoms with Gasteiger partial charge in [-0.2, -0.15) is 0 Å². The minimum atomic E-state index is -0.353.